The van der Waals surface area contributed by atoms with Gasteiger partial charge in [0.1, 0.15) is 0 Å². The van der Waals surface area contributed by atoms with Gasteiger partial charge in [0.2, 0.25) is 10.0 Å². The minimum atomic E-state index is -3.01. The molecule has 0 bridgehead atoms. The summed E-state index contributed by atoms with van der Waals surface area (Å²) in [5.74, 6) is 0. The van der Waals surface area contributed by atoms with Crippen LogP contribution in [0.4, 0.5) is 0 Å². The first kappa shape index (κ1) is 14.0. The lowest BCUT2D eigenvalue weighted by Crippen LogP contribution is -2.45. The number of thiophene rings is 1. The van der Waals surface area contributed by atoms with E-state index in [1.54, 1.807) is 15.6 Å². The molecule has 0 amide bonds. The van der Waals surface area contributed by atoms with E-state index in [0.29, 0.717) is 25.2 Å². The van der Waals surface area contributed by atoms with Crippen LogP contribution in [0.3, 0.4) is 0 Å². The topological polar surface area (TPSA) is 49.4 Å². The van der Waals surface area contributed by atoms with Gasteiger partial charge >= 0.3 is 0 Å². The maximum absolute atomic E-state index is 11.4. The van der Waals surface area contributed by atoms with Crippen LogP contribution < -0.4 is 5.32 Å². The van der Waals surface area contributed by atoms with Gasteiger partial charge in [-0.1, -0.05) is 6.07 Å². The smallest absolute Gasteiger partial charge is 0.211 e. The Kier molecular flexibility index (Phi) is 4.42. The molecule has 1 unspecified atom stereocenters. The van der Waals surface area contributed by atoms with Crippen molar-refractivity contribution in [3.8, 4) is 0 Å². The number of nitrogens with one attached hydrogen (secondary N) is 1. The molecule has 0 saturated carbocycles. The van der Waals surface area contributed by atoms with Crippen LogP contribution in [0.15, 0.2) is 17.5 Å². The average Bonchev–Trinajstić information content (AvgIpc) is 2.82. The van der Waals surface area contributed by atoms with Gasteiger partial charge < -0.3 is 5.32 Å². The zero-order chi connectivity index (χ0) is 13.2. The highest BCUT2D eigenvalue weighted by atomic mass is 32.2. The molecule has 1 aliphatic rings. The third kappa shape index (κ3) is 3.54. The normalized spacial score (nSPS) is 21.0. The molecule has 2 rings (SSSR count). The monoisotopic (exact) mass is 288 g/mol. The van der Waals surface area contributed by atoms with Gasteiger partial charge in [-0.15, -0.1) is 11.3 Å². The number of hydrogen-bond acceptors (Lipinski definition) is 4. The van der Waals surface area contributed by atoms with Crippen molar-refractivity contribution in [3.05, 3.63) is 22.4 Å². The number of hydrogen-bond donors (Lipinski definition) is 1. The summed E-state index contributed by atoms with van der Waals surface area (Å²) in [6.45, 7) is 3.43. The SMILES string of the molecule is CC(NC1CCN(S(C)(=O)=O)CC1)c1cccs1. The third-order valence-corrected chi connectivity index (χ3v) is 5.74. The van der Waals surface area contributed by atoms with Crippen LogP contribution >= 0.6 is 11.3 Å². The van der Waals surface area contributed by atoms with E-state index in [0.717, 1.165) is 12.8 Å². The summed E-state index contributed by atoms with van der Waals surface area (Å²) in [5, 5.41) is 5.67. The van der Waals surface area contributed by atoms with Crippen LogP contribution in [-0.2, 0) is 10.0 Å². The van der Waals surface area contributed by atoms with Gasteiger partial charge in [0, 0.05) is 30.1 Å². The standard InChI is InChI=1S/C12H20N2O2S2/c1-10(12-4-3-9-17-12)13-11-5-7-14(8-6-11)18(2,15)16/h3-4,9-11,13H,5-8H2,1-2H3. The first-order valence-corrected chi connectivity index (χ1v) is 8.94. The van der Waals surface area contributed by atoms with Gasteiger partial charge in [-0.2, -0.15) is 0 Å². The third-order valence-electron chi connectivity index (χ3n) is 3.38. The molecule has 2 heterocycles. The predicted octanol–water partition coefficient (Wildman–Crippen LogP) is 1.82. The Morgan fingerprint density at radius 1 is 1.44 bits per heavy atom. The zero-order valence-corrected chi connectivity index (χ0v) is 12.4. The van der Waals surface area contributed by atoms with Crippen LogP contribution in [0.1, 0.15) is 30.7 Å². The van der Waals surface area contributed by atoms with Crippen LogP contribution in [0.2, 0.25) is 0 Å². The number of piperidine rings is 1. The van der Waals surface area contributed by atoms with Crippen molar-refractivity contribution in [2.45, 2.75) is 31.8 Å². The molecule has 1 atom stereocenters. The summed E-state index contributed by atoms with van der Waals surface area (Å²) in [4.78, 5) is 1.33. The number of nitrogens with zero attached hydrogens (tertiary/aromatic N) is 1. The Hall–Kier alpha value is -0.430. The van der Waals surface area contributed by atoms with E-state index in [-0.39, 0.29) is 0 Å². The van der Waals surface area contributed by atoms with E-state index in [1.807, 2.05) is 0 Å². The molecule has 18 heavy (non-hydrogen) atoms. The first-order chi connectivity index (χ1) is 8.47. The highest BCUT2D eigenvalue weighted by Gasteiger charge is 2.25. The fourth-order valence-electron chi connectivity index (χ4n) is 2.33. The van der Waals surface area contributed by atoms with Gasteiger partial charge in [-0.3, -0.25) is 0 Å². The molecular weight excluding hydrogens is 268 g/mol. The van der Waals surface area contributed by atoms with Crippen molar-refractivity contribution < 1.29 is 8.42 Å². The molecule has 102 valence electrons. The van der Waals surface area contributed by atoms with E-state index >= 15 is 0 Å². The number of sulfonamides is 1. The molecule has 1 aromatic heterocycles. The molecule has 6 heteroatoms. The van der Waals surface area contributed by atoms with Crippen molar-refractivity contribution in [2.75, 3.05) is 19.3 Å². The second-order valence-electron chi connectivity index (χ2n) is 4.84. The molecule has 0 aromatic carbocycles. The van der Waals surface area contributed by atoms with Gasteiger partial charge in [0.25, 0.3) is 0 Å². The lowest BCUT2D eigenvalue weighted by atomic mass is 10.1. The molecule has 1 fully saturated rings. The Morgan fingerprint density at radius 2 is 2.11 bits per heavy atom. The van der Waals surface area contributed by atoms with Crippen molar-refractivity contribution in [1.82, 2.24) is 9.62 Å². The van der Waals surface area contributed by atoms with Crippen molar-refractivity contribution in [2.24, 2.45) is 0 Å². The van der Waals surface area contributed by atoms with E-state index in [2.05, 4.69) is 29.8 Å². The average molecular weight is 288 g/mol. The lowest BCUT2D eigenvalue weighted by molar-refractivity contribution is 0.279. The van der Waals surface area contributed by atoms with Gasteiger partial charge in [0.15, 0.2) is 0 Å². The molecular formula is C12H20N2O2S2. The van der Waals surface area contributed by atoms with E-state index in [1.165, 1.54) is 11.1 Å². The Labute approximate surface area is 113 Å². The summed E-state index contributed by atoms with van der Waals surface area (Å²) in [6, 6.07) is 4.96. The van der Waals surface area contributed by atoms with Gasteiger partial charge in [-0.25, -0.2) is 12.7 Å². The molecule has 1 N–H and O–H groups in total. The Bertz CT molecular complexity index is 462. The van der Waals surface area contributed by atoms with Crippen LogP contribution in [0, 0.1) is 0 Å². The molecule has 0 aliphatic carbocycles. The summed E-state index contributed by atoms with van der Waals surface area (Å²) in [5.41, 5.74) is 0. The van der Waals surface area contributed by atoms with Gasteiger partial charge in [-0.05, 0) is 31.2 Å². The first-order valence-electron chi connectivity index (χ1n) is 6.21. The van der Waals surface area contributed by atoms with E-state index in [4.69, 9.17) is 0 Å². The molecule has 1 aromatic rings. The molecule has 1 saturated heterocycles. The minimum Gasteiger partial charge on any atom is -0.307 e. The van der Waals surface area contributed by atoms with E-state index in [9.17, 15) is 8.42 Å². The van der Waals surface area contributed by atoms with E-state index < -0.39 is 10.0 Å². The fraction of sp³-hybridized carbons (Fsp3) is 0.667. The number of rotatable bonds is 4. The predicted molar refractivity (Wildman–Crippen MR) is 75.3 cm³/mol. The Morgan fingerprint density at radius 3 is 2.61 bits per heavy atom. The summed E-state index contributed by atoms with van der Waals surface area (Å²) in [6.07, 6.45) is 3.07. The molecule has 1 aliphatic heterocycles. The second kappa shape index (κ2) is 5.69. The quantitative estimate of drug-likeness (QED) is 0.919. The van der Waals surface area contributed by atoms with Crippen LogP contribution in [-0.4, -0.2) is 38.1 Å². The highest BCUT2D eigenvalue weighted by Crippen LogP contribution is 2.21. The summed E-state index contributed by atoms with van der Waals surface area (Å²) in [7, 11) is -3.01. The maximum Gasteiger partial charge on any atom is 0.211 e. The Balaban J connectivity index is 1.84. The largest absolute Gasteiger partial charge is 0.307 e. The second-order valence-corrected chi connectivity index (χ2v) is 7.80. The molecule has 4 nitrogen and oxygen atoms in total. The van der Waals surface area contributed by atoms with Crippen LogP contribution in [0.25, 0.3) is 0 Å². The van der Waals surface area contributed by atoms with Crippen molar-refractivity contribution in [3.63, 3.8) is 0 Å². The maximum atomic E-state index is 11.4. The van der Waals surface area contributed by atoms with Crippen LogP contribution in [0.5, 0.6) is 0 Å². The van der Waals surface area contributed by atoms with Gasteiger partial charge in [0.05, 0.1) is 6.26 Å². The molecule has 0 spiro atoms. The lowest BCUT2D eigenvalue weighted by Gasteiger charge is -2.32. The minimum absolute atomic E-state index is 0.347. The van der Waals surface area contributed by atoms with Crippen molar-refractivity contribution in [1.29, 1.82) is 0 Å². The van der Waals surface area contributed by atoms with Crippen molar-refractivity contribution >= 4 is 21.4 Å². The summed E-state index contributed by atoms with van der Waals surface area (Å²) < 4.78 is 24.4. The zero-order valence-electron chi connectivity index (χ0n) is 10.8. The molecule has 0 radical (unpaired) electrons. The summed E-state index contributed by atoms with van der Waals surface area (Å²) >= 11 is 1.76. The highest BCUT2D eigenvalue weighted by molar-refractivity contribution is 7.88. The fourth-order valence-corrected chi connectivity index (χ4v) is 3.95.